The van der Waals surface area contributed by atoms with Crippen molar-refractivity contribution in [2.75, 3.05) is 5.32 Å². The number of rotatable bonds is 3. The lowest BCUT2D eigenvalue weighted by molar-refractivity contribution is 0.102. The Kier molecular flexibility index (Phi) is 3.87. The second-order valence-electron chi connectivity index (χ2n) is 5.01. The number of hydrogen-bond acceptors (Lipinski definition) is 3. The van der Waals surface area contributed by atoms with Crippen LogP contribution in [0.3, 0.4) is 0 Å². The third kappa shape index (κ3) is 2.95. The fraction of sp³-hybridized carbons (Fsp3) is 0.133. The van der Waals surface area contributed by atoms with Gasteiger partial charge in [-0.05, 0) is 25.1 Å². The van der Waals surface area contributed by atoms with Crippen molar-refractivity contribution in [2.45, 2.75) is 6.92 Å². The number of anilines is 1. The van der Waals surface area contributed by atoms with Gasteiger partial charge in [-0.1, -0.05) is 17.7 Å². The van der Waals surface area contributed by atoms with Crippen LogP contribution in [0, 0.1) is 12.7 Å². The van der Waals surface area contributed by atoms with Crippen LogP contribution in [0.1, 0.15) is 16.2 Å². The molecule has 6 nitrogen and oxygen atoms in total. The van der Waals surface area contributed by atoms with Crippen molar-refractivity contribution in [3.63, 3.8) is 0 Å². The lowest BCUT2D eigenvalue weighted by Crippen LogP contribution is -2.14. The predicted octanol–water partition coefficient (Wildman–Crippen LogP) is 3.16. The van der Waals surface area contributed by atoms with E-state index >= 15 is 0 Å². The summed E-state index contributed by atoms with van der Waals surface area (Å²) in [5.41, 5.74) is 1.42. The first-order valence-corrected chi connectivity index (χ1v) is 7.15. The maximum absolute atomic E-state index is 13.9. The topological polar surface area (TPSA) is 75.6 Å². The fourth-order valence-corrected chi connectivity index (χ4v) is 2.49. The van der Waals surface area contributed by atoms with E-state index < -0.39 is 11.7 Å². The summed E-state index contributed by atoms with van der Waals surface area (Å²) in [7, 11) is 1.72. The molecule has 0 aliphatic rings. The van der Waals surface area contributed by atoms with Crippen LogP contribution in [0.15, 0.2) is 30.3 Å². The first-order chi connectivity index (χ1) is 11.0. The number of aromatic amines is 1. The van der Waals surface area contributed by atoms with Gasteiger partial charge in [0.05, 0.1) is 22.0 Å². The average molecular weight is 334 g/mol. The maximum Gasteiger partial charge on any atom is 0.277 e. The van der Waals surface area contributed by atoms with Crippen molar-refractivity contribution in [3.8, 4) is 11.3 Å². The third-order valence-corrected chi connectivity index (χ3v) is 3.60. The van der Waals surface area contributed by atoms with E-state index in [1.54, 1.807) is 23.9 Å². The molecule has 2 aromatic heterocycles. The van der Waals surface area contributed by atoms with E-state index in [4.69, 9.17) is 11.6 Å². The molecule has 2 N–H and O–H groups in total. The molecule has 0 saturated carbocycles. The largest absolute Gasteiger partial charge is 0.305 e. The molecule has 0 bridgehead atoms. The number of hydrogen-bond donors (Lipinski definition) is 2. The molecule has 118 valence electrons. The van der Waals surface area contributed by atoms with Gasteiger partial charge in [-0.3, -0.25) is 14.6 Å². The van der Waals surface area contributed by atoms with E-state index in [2.05, 4.69) is 20.6 Å². The van der Waals surface area contributed by atoms with E-state index in [-0.39, 0.29) is 16.3 Å². The summed E-state index contributed by atoms with van der Waals surface area (Å²) in [6.07, 6.45) is 0. The SMILES string of the molecule is Cc1cc(NC(=O)c2cc(-c3c(F)cccc3Cl)[nH]n2)n(C)n1. The van der Waals surface area contributed by atoms with E-state index in [0.29, 0.717) is 11.5 Å². The van der Waals surface area contributed by atoms with Gasteiger partial charge >= 0.3 is 0 Å². The molecule has 0 saturated heterocycles. The Morgan fingerprint density at radius 2 is 2.17 bits per heavy atom. The van der Waals surface area contributed by atoms with Gasteiger partial charge < -0.3 is 5.32 Å². The molecule has 23 heavy (non-hydrogen) atoms. The Hall–Kier alpha value is -2.67. The van der Waals surface area contributed by atoms with Crippen LogP contribution in [0.25, 0.3) is 11.3 Å². The lowest BCUT2D eigenvalue weighted by Gasteiger charge is -2.02. The van der Waals surface area contributed by atoms with Crippen molar-refractivity contribution in [2.24, 2.45) is 7.05 Å². The summed E-state index contributed by atoms with van der Waals surface area (Å²) in [5.74, 6) is -0.376. The van der Waals surface area contributed by atoms with Gasteiger partial charge in [0.1, 0.15) is 11.6 Å². The number of nitrogens with one attached hydrogen (secondary N) is 2. The minimum atomic E-state index is -0.490. The molecule has 0 aliphatic heterocycles. The molecule has 3 aromatic rings. The quantitative estimate of drug-likeness (QED) is 0.773. The van der Waals surface area contributed by atoms with Crippen LogP contribution in [0.5, 0.6) is 0 Å². The summed E-state index contributed by atoms with van der Waals surface area (Å²) < 4.78 is 15.5. The van der Waals surface area contributed by atoms with E-state index in [1.807, 2.05) is 6.92 Å². The van der Waals surface area contributed by atoms with E-state index in [9.17, 15) is 9.18 Å². The molecule has 0 radical (unpaired) electrons. The number of halogens is 2. The second-order valence-corrected chi connectivity index (χ2v) is 5.42. The Morgan fingerprint density at radius 1 is 1.39 bits per heavy atom. The molecule has 3 rings (SSSR count). The van der Waals surface area contributed by atoms with Crippen molar-refractivity contribution in [1.29, 1.82) is 0 Å². The van der Waals surface area contributed by atoms with Crippen LogP contribution in [-0.2, 0) is 7.05 Å². The van der Waals surface area contributed by atoms with Crippen molar-refractivity contribution < 1.29 is 9.18 Å². The normalized spacial score (nSPS) is 10.8. The standard InChI is InChI=1S/C15H13ClFN5O/c1-8-6-13(22(2)21-8)18-15(23)12-7-11(19-20-12)14-9(16)4-3-5-10(14)17/h3-7H,1-2H3,(H,18,23)(H,19,20). The minimum Gasteiger partial charge on any atom is -0.305 e. The molecule has 0 spiro atoms. The van der Waals surface area contributed by atoms with Gasteiger partial charge in [0.2, 0.25) is 0 Å². The molecule has 1 aromatic carbocycles. The Morgan fingerprint density at radius 3 is 2.83 bits per heavy atom. The third-order valence-electron chi connectivity index (χ3n) is 3.29. The number of H-pyrrole nitrogens is 1. The van der Waals surface area contributed by atoms with Gasteiger partial charge in [-0.15, -0.1) is 0 Å². The van der Waals surface area contributed by atoms with Crippen LogP contribution in [0.4, 0.5) is 10.2 Å². The maximum atomic E-state index is 13.9. The Balaban J connectivity index is 1.87. The van der Waals surface area contributed by atoms with Crippen LogP contribution in [0.2, 0.25) is 5.02 Å². The van der Waals surface area contributed by atoms with Crippen LogP contribution in [-0.4, -0.2) is 25.9 Å². The molecule has 0 aliphatic carbocycles. The van der Waals surface area contributed by atoms with Gasteiger partial charge in [-0.25, -0.2) is 4.39 Å². The van der Waals surface area contributed by atoms with Crippen molar-refractivity contribution in [1.82, 2.24) is 20.0 Å². The van der Waals surface area contributed by atoms with Gasteiger partial charge in [0, 0.05) is 13.1 Å². The van der Waals surface area contributed by atoms with Gasteiger partial charge in [0.25, 0.3) is 5.91 Å². The van der Waals surface area contributed by atoms with Crippen molar-refractivity contribution in [3.05, 3.63) is 52.6 Å². The van der Waals surface area contributed by atoms with Crippen LogP contribution >= 0.6 is 11.6 Å². The van der Waals surface area contributed by atoms with E-state index in [0.717, 1.165) is 5.69 Å². The zero-order chi connectivity index (χ0) is 16.6. The predicted molar refractivity (Wildman–Crippen MR) is 84.9 cm³/mol. The summed E-state index contributed by atoms with van der Waals surface area (Å²) in [5, 5.41) is 13.6. The Bertz CT molecular complexity index is 866. The number of aromatic nitrogens is 4. The van der Waals surface area contributed by atoms with Crippen molar-refractivity contribution >= 4 is 23.3 Å². The molecule has 2 heterocycles. The molecule has 0 fully saturated rings. The molecule has 1 amide bonds. The first kappa shape index (κ1) is 15.2. The number of amides is 1. The number of aryl methyl sites for hydroxylation is 2. The number of nitrogens with zero attached hydrogens (tertiary/aromatic N) is 3. The minimum absolute atomic E-state index is 0.123. The zero-order valence-corrected chi connectivity index (χ0v) is 13.1. The lowest BCUT2D eigenvalue weighted by atomic mass is 10.1. The summed E-state index contributed by atoms with van der Waals surface area (Å²) in [6, 6.07) is 7.55. The molecule has 0 unspecified atom stereocenters. The smallest absolute Gasteiger partial charge is 0.277 e. The highest BCUT2D eigenvalue weighted by Crippen LogP contribution is 2.29. The highest BCUT2D eigenvalue weighted by Gasteiger charge is 2.17. The van der Waals surface area contributed by atoms with Crippen LogP contribution < -0.4 is 5.32 Å². The highest BCUT2D eigenvalue weighted by atomic mass is 35.5. The fourth-order valence-electron chi connectivity index (χ4n) is 2.23. The first-order valence-electron chi connectivity index (χ1n) is 6.77. The summed E-state index contributed by atoms with van der Waals surface area (Å²) in [6.45, 7) is 1.82. The average Bonchev–Trinajstić information content (AvgIpc) is 3.06. The molecular formula is C15H13ClFN5O. The Labute approximate surface area is 136 Å². The summed E-state index contributed by atoms with van der Waals surface area (Å²) in [4.78, 5) is 12.2. The van der Waals surface area contributed by atoms with Gasteiger partial charge in [0.15, 0.2) is 5.69 Å². The molecular weight excluding hydrogens is 321 g/mol. The monoisotopic (exact) mass is 333 g/mol. The summed E-state index contributed by atoms with van der Waals surface area (Å²) >= 11 is 6.01. The zero-order valence-electron chi connectivity index (χ0n) is 12.4. The number of carbonyl (C=O) groups is 1. The molecule has 8 heteroatoms. The van der Waals surface area contributed by atoms with E-state index in [1.165, 1.54) is 18.2 Å². The number of carbonyl (C=O) groups excluding carboxylic acids is 1. The second kappa shape index (κ2) is 5.85. The highest BCUT2D eigenvalue weighted by molar-refractivity contribution is 6.33. The molecule has 0 atom stereocenters. The van der Waals surface area contributed by atoms with Gasteiger partial charge in [-0.2, -0.15) is 10.2 Å². The number of benzene rings is 1.